The molecule has 3 nitrogen and oxygen atoms in total. The van der Waals surface area contributed by atoms with Gasteiger partial charge in [-0.05, 0) is 58.0 Å². The monoisotopic (exact) mass is 269 g/mol. The van der Waals surface area contributed by atoms with Crippen molar-refractivity contribution in [2.24, 2.45) is 17.7 Å². The summed E-state index contributed by atoms with van der Waals surface area (Å²) >= 11 is 0. The number of hydrogen-bond donors (Lipinski definition) is 2. The third kappa shape index (κ3) is 3.93. The van der Waals surface area contributed by atoms with E-state index in [-0.39, 0.29) is 5.54 Å². The lowest BCUT2D eigenvalue weighted by atomic mass is 9.70. The third-order valence-corrected chi connectivity index (χ3v) is 5.60. The van der Waals surface area contributed by atoms with E-state index < -0.39 is 0 Å². The average Bonchev–Trinajstić information content (AvgIpc) is 2.41. The topological polar surface area (TPSA) is 41.3 Å². The van der Waals surface area contributed by atoms with Crippen LogP contribution in [0, 0.1) is 11.8 Å². The van der Waals surface area contributed by atoms with Gasteiger partial charge in [0.2, 0.25) is 0 Å². The quantitative estimate of drug-likeness (QED) is 0.551. The first kappa shape index (κ1) is 16.9. The molecular formula is C16H35N3. The van der Waals surface area contributed by atoms with Gasteiger partial charge in [0.1, 0.15) is 0 Å². The van der Waals surface area contributed by atoms with Crippen molar-refractivity contribution in [1.29, 1.82) is 0 Å². The normalized spacial score (nSPS) is 30.0. The molecule has 3 heteroatoms. The number of nitrogens with zero attached hydrogens (tertiary/aromatic N) is 1. The van der Waals surface area contributed by atoms with Crippen molar-refractivity contribution >= 4 is 0 Å². The van der Waals surface area contributed by atoms with Gasteiger partial charge < -0.3 is 4.90 Å². The van der Waals surface area contributed by atoms with E-state index in [1.807, 2.05) is 0 Å². The SMILES string of the molecule is CCC(CC)CC(NN)C1(N(C)C)CCC(C)CC1. The molecule has 1 aliphatic rings. The molecule has 0 amide bonds. The van der Waals surface area contributed by atoms with Gasteiger partial charge in [-0.1, -0.05) is 33.6 Å². The largest absolute Gasteiger partial charge is 0.302 e. The second kappa shape index (κ2) is 7.61. The lowest BCUT2D eigenvalue weighted by molar-refractivity contribution is 0.0338. The minimum Gasteiger partial charge on any atom is -0.302 e. The van der Waals surface area contributed by atoms with Crippen LogP contribution >= 0.6 is 0 Å². The standard InChI is InChI=1S/C16H35N3/c1-6-14(7-2)12-15(18-17)16(19(4)5)10-8-13(3)9-11-16/h13-15,18H,6-12,17H2,1-5H3. The van der Waals surface area contributed by atoms with Gasteiger partial charge in [-0.3, -0.25) is 11.3 Å². The molecule has 0 aromatic rings. The number of hydrazine groups is 1. The zero-order chi connectivity index (χ0) is 14.5. The maximum absolute atomic E-state index is 5.94. The summed E-state index contributed by atoms with van der Waals surface area (Å²) in [7, 11) is 4.46. The summed E-state index contributed by atoms with van der Waals surface area (Å²) < 4.78 is 0. The van der Waals surface area contributed by atoms with Crippen molar-refractivity contribution in [3.05, 3.63) is 0 Å². The van der Waals surface area contributed by atoms with Crippen LogP contribution in [-0.4, -0.2) is 30.6 Å². The Hall–Kier alpha value is -0.120. The van der Waals surface area contributed by atoms with Gasteiger partial charge in [0.25, 0.3) is 0 Å². The first-order valence-corrected chi connectivity index (χ1v) is 8.13. The zero-order valence-corrected chi connectivity index (χ0v) is 13.7. The Morgan fingerprint density at radius 2 is 1.74 bits per heavy atom. The van der Waals surface area contributed by atoms with Crippen molar-refractivity contribution < 1.29 is 0 Å². The fourth-order valence-electron chi connectivity index (χ4n) is 3.77. The van der Waals surface area contributed by atoms with Gasteiger partial charge >= 0.3 is 0 Å². The molecule has 0 spiro atoms. The summed E-state index contributed by atoms with van der Waals surface area (Å²) in [6.45, 7) is 6.98. The summed E-state index contributed by atoms with van der Waals surface area (Å²) in [5.41, 5.74) is 3.42. The molecule has 1 aliphatic carbocycles. The second-order valence-electron chi connectivity index (χ2n) is 6.82. The Labute approximate surface area is 120 Å². The summed E-state index contributed by atoms with van der Waals surface area (Å²) in [5, 5.41) is 0. The molecule has 0 aromatic carbocycles. The van der Waals surface area contributed by atoms with E-state index in [0.29, 0.717) is 6.04 Å². The van der Waals surface area contributed by atoms with Crippen molar-refractivity contribution in [3.63, 3.8) is 0 Å². The number of nitrogens with two attached hydrogens (primary N) is 1. The van der Waals surface area contributed by atoms with Crippen LogP contribution in [0.25, 0.3) is 0 Å². The Morgan fingerprint density at radius 3 is 2.11 bits per heavy atom. The van der Waals surface area contributed by atoms with E-state index in [4.69, 9.17) is 5.84 Å². The summed E-state index contributed by atoms with van der Waals surface area (Å²) in [4.78, 5) is 2.44. The van der Waals surface area contributed by atoms with E-state index in [0.717, 1.165) is 11.8 Å². The molecule has 1 rings (SSSR count). The van der Waals surface area contributed by atoms with Crippen molar-refractivity contribution in [1.82, 2.24) is 10.3 Å². The van der Waals surface area contributed by atoms with E-state index in [2.05, 4.69) is 45.2 Å². The molecule has 1 fully saturated rings. The van der Waals surface area contributed by atoms with Crippen LogP contribution in [0.2, 0.25) is 0 Å². The molecule has 1 atom stereocenters. The van der Waals surface area contributed by atoms with Crippen molar-refractivity contribution in [3.8, 4) is 0 Å². The maximum atomic E-state index is 5.94. The summed E-state index contributed by atoms with van der Waals surface area (Å²) in [6.07, 6.45) is 8.93. The molecule has 0 aliphatic heterocycles. The molecule has 3 N–H and O–H groups in total. The van der Waals surface area contributed by atoms with E-state index in [1.54, 1.807) is 0 Å². The first-order valence-electron chi connectivity index (χ1n) is 8.13. The number of nitrogens with one attached hydrogen (secondary N) is 1. The highest BCUT2D eigenvalue weighted by Crippen LogP contribution is 2.39. The molecule has 0 radical (unpaired) electrons. The molecule has 19 heavy (non-hydrogen) atoms. The van der Waals surface area contributed by atoms with E-state index in [9.17, 15) is 0 Å². The fourth-order valence-corrected chi connectivity index (χ4v) is 3.77. The third-order valence-electron chi connectivity index (χ3n) is 5.60. The number of rotatable bonds is 7. The van der Waals surface area contributed by atoms with Crippen LogP contribution in [0.15, 0.2) is 0 Å². The lowest BCUT2D eigenvalue weighted by Crippen LogP contribution is -2.62. The predicted molar refractivity (Wildman–Crippen MR) is 83.9 cm³/mol. The predicted octanol–water partition coefficient (Wildman–Crippen LogP) is 3.16. The molecule has 1 unspecified atom stereocenters. The van der Waals surface area contributed by atoms with Crippen LogP contribution in [0.5, 0.6) is 0 Å². The Kier molecular flexibility index (Phi) is 6.78. The molecule has 0 aromatic heterocycles. The van der Waals surface area contributed by atoms with Gasteiger partial charge in [0, 0.05) is 11.6 Å². The molecule has 1 saturated carbocycles. The molecule has 114 valence electrons. The first-order chi connectivity index (χ1) is 9.00. The highest BCUT2D eigenvalue weighted by atomic mass is 15.3. The van der Waals surface area contributed by atoms with E-state index in [1.165, 1.54) is 44.9 Å². The van der Waals surface area contributed by atoms with Crippen molar-refractivity contribution in [2.75, 3.05) is 14.1 Å². The highest BCUT2D eigenvalue weighted by Gasteiger charge is 2.43. The Bertz CT molecular complexity index is 240. The second-order valence-corrected chi connectivity index (χ2v) is 6.82. The maximum Gasteiger partial charge on any atom is 0.0397 e. The van der Waals surface area contributed by atoms with Crippen LogP contribution in [-0.2, 0) is 0 Å². The van der Waals surface area contributed by atoms with Gasteiger partial charge in [-0.2, -0.15) is 0 Å². The van der Waals surface area contributed by atoms with Crippen molar-refractivity contribution in [2.45, 2.75) is 77.3 Å². The van der Waals surface area contributed by atoms with Crippen LogP contribution in [0.4, 0.5) is 0 Å². The lowest BCUT2D eigenvalue weighted by Gasteiger charge is -2.50. The Morgan fingerprint density at radius 1 is 1.21 bits per heavy atom. The van der Waals surface area contributed by atoms with Crippen LogP contribution in [0.1, 0.15) is 65.7 Å². The molecule has 0 saturated heterocycles. The van der Waals surface area contributed by atoms with Gasteiger partial charge in [-0.25, -0.2) is 0 Å². The summed E-state index contributed by atoms with van der Waals surface area (Å²) in [5.74, 6) is 7.61. The van der Waals surface area contributed by atoms with Gasteiger partial charge in [0.05, 0.1) is 0 Å². The Balaban J connectivity index is 2.82. The smallest absolute Gasteiger partial charge is 0.0397 e. The highest BCUT2D eigenvalue weighted by molar-refractivity contribution is 5.01. The number of likely N-dealkylation sites (N-methyl/N-ethyl adjacent to an activating group) is 1. The molecular weight excluding hydrogens is 234 g/mol. The zero-order valence-electron chi connectivity index (χ0n) is 13.7. The van der Waals surface area contributed by atoms with E-state index >= 15 is 0 Å². The van der Waals surface area contributed by atoms with Gasteiger partial charge in [0.15, 0.2) is 0 Å². The van der Waals surface area contributed by atoms with Crippen LogP contribution < -0.4 is 11.3 Å². The van der Waals surface area contributed by atoms with Gasteiger partial charge in [-0.15, -0.1) is 0 Å². The summed E-state index contributed by atoms with van der Waals surface area (Å²) in [6, 6.07) is 0.417. The average molecular weight is 269 g/mol. The van der Waals surface area contributed by atoms with Crippen LogP contribution in [0.3, 0.4) is 0 Å². The minimum absolute atomic E-state index is 0.254. The number of hydrogen-bond acceptors (Lipinski definition) is 3. The minimum atomic E-state index is 0.254. The fraction of sp³-hybridized carbons (Fsp3) is 1.00. The molecule has 0 heterocycles. The molecule has 0 bridgehead atoms.